The third-order valence-electron chi connectivity index (χ3n) is 5.49. The van der Waals surface area contributed by atoms with Crippen LogP contribution in [0.4, 0.5) is 4.79 Å². The predicted molar refractivity (Wildman–Crippen MR) is 135 cm³/mol. The Morgan fingerprint density at radius 3 is 1.77 bits per heavy atom. The first kappa shape index (κ1) is 25.2. The number of amides is 2. The molecular formula is C23H38N4OS2. The molecule has 168 valence electrons. The second-order valence-electron chi connectivity index (χ2n) is 8.20. The van der Waals surface area contributed by atoms with Crippen LogP contribution in [0, 0.1) is 0 Å². The van der Waals surface area contributed by atoms with Crippen LogP contribution in [0.3, 0.4) is 0 Å². The van der Waals surface area contributed by atoms with E-state index in [1.807, 2.05) is 0 Å². The minimum Gasteiger partial charge on any atom is -0.295 e. The molecule has 30 heavy (non-hydrogen) atoms. The van der Waals surface area contributed by atoms with Crippen molar-refractivity contribution in [1.29, 1.82) is 0 Å². The molecule has 2 heterocycles. The smallest absolute Gasteiger partial charge is 0.295 e. The van der Waals surface area contributed by atoms with Crippen LogP contribution in [-0.4, -0.2) is 33.5 Å². The highest BCUT2D eigenvalue weighted by Crippen LogP contribution is 2.18. The van der Waals surface area contributed by atoms with Gasteiger partial charge in [0.25, 0.3) is 0 Å². The van der Waals surface area contributed by atoms with Crippen molar-refractivity contribution in [2.24, 2.45) is 15.0 Å². The summed E-state index contributed by atoms with van der Waals surface area (Å²) in [5, 5.41) is 3.16. The summed E-state index contributed by atoms with van der Waals surface area (Å²) in [6.07, 6.45) is 22.1. The topological polar surface area (TPSA) is 66.2 Å². The molecule has 0 bridgehead atoms. The van der Waals surface area contributed by atoms with E-state index in [1.165, 1.54) is 103 Å². The molecule has 5 nitrogen and oxygen atoms in total. The summed E-state index contributed by atoms with van der Waals surface area (Å²) in [4.78, 5) is 24.2. The van der Waals surface area contributed by atoms with Crippen molar-refractivity contribution in [3.05, 3.63) is 0 Å². The fourth-order valence-corrected chi connectivity index (χ4v) is 4.77. The summed E-state index contributed by atoms with van der Waals surface area (Å²) in [6.45, 7) is 2.28. The molecule has 0 saturated carbocycles. The zero-order valence-electron chi connectivity index (χ0n) is 18.6. The average Bonchev–Trinajstić information content (AvgIpc) is 3.13. The first-order valence-corrected chi connectivity index (χ1v) is 13.3. The van der Waals surface area contributed by atoms with Crippen LogP contribution >= 0.6 is 24.0 Å². The molecule has 0 saturated heterocycles. The highest BCUT2D eigenvalue weighted by molar-refractivity contribution is 8.14. The number of nitrogens with one attached hydrogen (secondary N) is 1. The SMILES string of the molecule is CCCCCCCCCCCCCCCCCCSC1=NC2=NC(=O)NC(=S)C2=N1. The Morgan fingerprint density at radius 2 is 1.23 bits per heavy atom. The summed E-state index contributed by atoms with van der Waals surface area (Å²) in [5.41, 5.74) is 0.527. The lowest BCUT2D eigenvalue weighted by atomic mass is 10.0. The van der Waals surface area contributed by atoms with Gasteiger partial charge >= 0.3 is 6.03 Å². The molecular weight excluding hydrogens is 412 g/mol. The van der Waals surface area contributed by atoms with Gasteiger partial charge in [0.2, 0.25) is 0 Å². The van der Waals surface area contributed by atoms with Crippen LogP contribution < -0.4 is 5.32 Å². The lowest BCUT2D eigenvalue weighted by Crippen LogP contribution is -2.40. The van der Waals surface area contributed by atoms with E-state index in [9.17, 15) is 4.79 Å². The first-order valence-electron chi connectivity index (χ1n) is 11.9. The number of fused-ring (bicyclic) bond motifs is 1. The Balaban J connectivity index is 1.35. The third-order valence-corrected chi connectivity index (χ3v) is 6.72. The van der Waals surface area contributed by atoms with Crippen molar-refractivity contribution < 1.29 is 4.79 Å². The van der Waals surface area contributed by atoms with E-state index in [0.29, 0.717) is 21.7 Å². The van der Waals surface area contributed by atoms with Crippen LogP contribution in [0.1, 0.15) is 110 Å². The minimum absolute atomic E-state index is 0.326. The van der Waals surface area contributed by atoms with Gasteiger partial charge in [-0.25, -0.2) is 14.8 Å². The quantitative estimate of drug-likeness (QED) is 0.187. The number of nitrogens with zero attached hydrogens (tertiary/aromatic N) is 3. The van der Waals surface area contributed by atoms with Crippen molar-refractivity contribution in [2.75, 3.05) is 5.75 Å². The average molecular weight is 451 g/mol. The molecule has 2 rings (SSSR count). The molecule has 2 aliphatic rings. The van der Waals surface area contributed by atoms with Crippen molar-refractivity contribution in [1.82, 2.24) is 5.32 Å². The first-order chi connectivity index (χ1) is 14.7. The number of thiocarbonyl (C=S) groups is 1. The monoisotopic (exact) mass is 450 g/mol. The van der Waals surface area contributed by atoms with E-state index in [-0.39, 0.29) is 0 Å². The van der Waals surface area contributed by atoms with Crippen molar-refractivity contribution >= 4 is 51.7 Å². The van der Waals surface area contributed by atoms with Gasteiger partial charge < -0.3 is 0 Å². The molecule has 2 amide bonds. The van der Waals surface area contributed by atoms with Gasteiger partial charge in [-0.2, -0.15) is 4.99 Å². The summed E-state index contributed by atoms with van der Waals surface area (Å²) in [6, 6.07) is -0.457. The van der Waals surface area contributed by atoms with E-state index in [0.717, 1.165) is 5.75 Å². The number of thioether (sulfide) groups is 1. The molecule has 0 unspecified atom stereocenters. The van der Waals surface area contributed by atoms with Crippen molar-refractivity contribution in [3.8, 4) is 0 Å². The van der Waals surface area contributed by atoms with E-state index in [2.05, 4.69) is 27.2 Å². The molecule has 0 radical (unpaired) electrons. The number of urea groups is 1. The molecule has 0 aromatic carbocycles. The van der Waals surface area contributed by atoms with E-state index in [4.69, 9.17) is 12.2 Å². The number of amidine groups is 2. The second kappa shape index (κ2) is 15.7. The standard InChI is InChI=1S/C23H38N4OS2/c1-2-3-4-5-6-7-8-9-10-11-12-13-14-15-16-17-18-30-23-24-19-20(26-23)25-22(28)27-21(19)29/h2-18H2,1H3,(H,27,28,29). The summed E-state index contributed by atoms with van der Waals surface area (Å²) >= 11 is 6.73. The van der Waals surface area contributed by atoms with Gasteiger partial charge in [0, 0.05) is 5.75 Å². The fourth-order valence-electron chi connectivity index (χ4n) is 3.70. The van der Waals surface area contributed by atoms with Crippen molar-refractivity contribution in [3.63, 3.8) is 0 Å². The van der Waals surface area contributed by atoms with E-state index >= 15 is 0 Å². The fraction of sp³-hybridized carbons (Fsp3) is 0.783. The van der Waals surface area contributed by atoms with Crippen LogP contribution in [0.15, 0.2) is 15.0 Å². The van der Waals surface area contributed by atoms with Crippen LogP contribution in [0.25, 0.3) is 0 Å². The number of aliphatic imine (C=N–C) groups is 3. The van der Waals surface area contributed by atoms with E-state index < -0.39 is 6.03 Å². The number of rotatable bonds is 17. The molecule has 0 aromatic rings. The van der Waals surface area contributed by atoms with Gasteiger partial charge in [0.05, 0.1) is 0 Å². The summed E-state index contributed by atoms with van der Waals surface area (Å²) < 4.78 is 0. The molecule has 0 spiro atoms. The van der Waals surface area contributed by atoms with Gasteiger partial charge in [-0.1, -0.05) is 127 Å². The minimum atomic E-state index is -0.457. The maximum atomic E-state index is 11.3. The molecule has 0 fully saturated rings. The number of carbonyl (C=O) groups is 1. The number of hydrogen-bond acceptors (Lipinski definition) is 5. The number of hydrogen-bond donors (Lipinski definition) is 1. The third kappa shape index (κ3) is 10.3. The van der Waals surface area contributed by atoms with Gasteiger partial charge in [-0.3, -0.25) is 5.32 Å². The Hall–Kier alpha value is -1.08. The van der Waals surface area contributed by atoms with Crippen LogP contribution in [0.2, 0.25) is 0 Å². The maximum Gasteiger partial charge on any atom is 0.348 e. The van der Waals surface area contributed by atoms with Gasteiger partial charge in [-0.15, -0.1) is 0 Å². The zero-order chi connectivity index (χ0) is 21.4. The lowest BCUT2D eigenvalue weighted by molar-refractivity contribution is 0.253. The molecule has 2 aliphatic heterocycles. The summed E-state index contributed by atoms with van der Waals surface area (Å²) in [7, 11) is 0. The molecule has 1 N–H and O–H groups in total. The number of unbranched alkanes of at least 4 members (excludes halogenated alkanes) is 15. The Bertz CT molecular complexity index is 643. The van der Waals surface area contributed by atoms with Gasteiger partial charge in [0.15, 0.2) is 11.0 Å². The molecule has 0 aromatic heterocycles. The zero-order valence-corrected chi connectivity index (χ0v) is 20.2. The Labute approximate surface area is 192 Å². The highest BCUT2D eigenvalue weighted by atomic mass is 32.2. The van der Waals surface area contributed by atoms with Gasteiger partial charge in [0.1, 0.15) is 10.7 Å². The summed E-state index contributed by atoms with van der Waals surface area (Å²) in [5.74, 6) is 1.35. The molecule has 0 atom stereocenters. The predicted octanol–water partition coefficient (Wildman–Crippen LogP) is 7.24. The highest BCUT2D eigenvalue weighted by Gasteiger charge is 2.28. The largest absolute Gasteiger partial charge is 0.348 e. The van der Waals surface area contributed by atoms with E-state index in [1.54, 1.807) is 11.8 Å². The second-order valence-corrected chi connectivity index (χ2v) is 9.67. The maximum absolute atomic E-state index is 11.3. The normalized spacial score (nSPS) is 15.6. The Morgan fingerprint density at radius 1 is 0.733 bits per heavy atom. The van der Waals surface area contributed by atoms with Gasteiger partial charge in [-0.05, 0) is 6.42 Å². The Kier molecular flexibility index (Phi) is 13.2. The van der Waals surface area contributed by atoms with Crippen molar-refractivity contribution in [2.45, 2.75) is 110 Å². The van der Waals surface area contributed by atoms with Crippen LogP contribution in [0.5, 0.6) is 0 Å². The molecule has 7 heteroatoms. The van der Waals surface area contributed by atoms with Crippen LogP contribution in [-0.2, 0) is 0 Å². The molecule has 0 aliphatic carbocycles. The lowest BCUT2D eigenvalue weighted by Gasteiger charge is -2.08. The number of carbonyl (C=O) groups excluding carboxylic acids is 1.